The van der Waals surface area contributed by atoms with Gasteiger partial charge in [0, 0.05) is 13.2 Å². The van der Waals surface area contributed by atoms with E-state index < -0.39 is 6.04 Å². The van der Waals surface area contributed by atoms with Gasteiger partial charge in [-0.25, -0.2) is 4.39 Å². The number of nitrogens with one attached hydrogen (secondary N) is 1. The first kappa shape index (κ1) is 14.6. The maximum absolute atomic E-state index is 13.2. The lowest BCUT2D eigenvalue weighted by Gasteiger charge is -2.23. The van der Waals surface area contributed by atoms with Crippen molar-refractivity contribution < 1.29 is 14.3 Å². The number of rotatable bonds is 6. The Kier molecular flexibility index (Phi) is 5.74. The van der Waals surface area contributed by atoms with Crippen molar-refractivity contribution in [3.8, 4) is 0 Å². The van der Waals surface area contributed by atoms with Gasteiger partial charge in [0.2, 0.25) is 5.91 Å². The Hall–Kier alpha value is -1.46. The lowest BCUT2D eigenvalue weighted by molar-refractivity contribution is -0.125. The second-order valence-corrected chi connectivity index (χ2v) is 4.29. The maximum atomic E-state index is 13.2. The molecule has 0 saturated heterocycles. The van der Waals surface area contributed by atoms with Crippen molar-refractivity contribution in [1.29, 1.82) is 0 Å². The van der Waals surface area contributed by atoms with E-state index in [1.54, 1.807) is 31.1 Å². The molecular weight excluding hydrogens is 235 g/mol. The number of carbonyl (C=O) groups excluding carboxylic acids is 1. The lowest BCUT2D eigenvalue weighted by Crippen LogP contribution is -2.37. The molecule has 4 nitrogen and oxygen atoms in total. The van der Waals surface area contributed by atoms with Gasteiger partial charge in [0.15, 0.2) is 0 Å². The SMILES string of the molecule is CN(C)C(C(=O)NCCCO)c1cccc(F)c1. The van der Waals surface area contributed by atoms with Crippen LogP contribution in [0, 0.1) is 5.82 Å². The minimum Gasteiger partial charge on any atom is -0.396 e. The van der Waals surface area contributed by atoms with Gasteiger partial charge in [-0.1, -0.05) is 12.1 Å². The summed E-state index contributed by atoms with van der Waals surface area (Å²) in [4.78, 5) is 13.7. The molecule has 18 heavy (non-hydrogen) atoms. The fraction of sp³-hybridized carbons (Fsp3) is 0.462. The van der Waals surface area contributed by atoms with Crippen molar-refractivity contribution >= 4 is 5.91 Å². The summed E-state index contributed by atoms with van der Waals surface area (Å²) < 4.78 is 13.2. The maximum Gasteiger partial charge on any atom is 0.241 e. The van der Waals surface area contributed by atoms with E-state index in [-0.39, 0.29) is 18.3 Å². The molecule has 0 aliphatic heterocycles. The highest BCUT2D eigenvalue weighted by molar-refractivity contribution is 5.83. The summed E-state index contributed by atoms with van der Waals surface area (Å²) in [5, 5.41) is 11.4. The number of hydrogen-bond acceptors (Lipinski definition) is 3. The Labute approximate surface area is 106 Å². The number of amides is 1. The first-order valence-electron chi connectivity index (χ1n) is 5.86. The van der Waals surface area contributed by atoms with Gasteiger partial charge in [0.1, 0.15) is 11.9 Å². The van der Waals surface area contributed by atoms with E-state index >= 15 is 0 Å². The van der Waals surface area contributed by atoms with E-state index in [1.807, 2.05) is 0 Å². The molecule has 1 unspecified atom stereocenters. The summed E-state index contributed by atoms with van der Waals surface area (Å²) in [6.45, 7) is 0.446. The minimum atomic E-state index is -0.528. The zero-order valence-electron chi connectivity index (χ0n) is 10.7. The smallest absolute Gasteiger partial charge is 0.241 e. The summed E-state index contributed by atoms with van der Waals surface area (Å²) in [6, 6.07) is 5.48. The van der Waals surface area contributed by atoms with Crippen LogP contribution < -0.4 is 5.32 Å². The number of nitrogens with zero attached hydrogens (tertiary/aromatic N) is 1. The van der Waals surface area contributed by atoms with Crippen LogP contribution in [0.5, 0.6) is 0 Å². The summed E-state index contributed by atoms with van der Waals surface area (Å²) in [6.07, 6.45) is 0.509. The number of carbonyl (C=O) groups is 1. The number of halogens is 1. The fourth-order valence-corrected chi connectivity index (χ4v) is 1.75. The molecule has 1 rings (SSSR count). The van der Waals surface area contributed by atoms with Gasteiger partial charge in [-0.15, -0.1) is 0 Å². The zero-order valence-corrected chi connectivity index (χ0v) is 10.7. The first-order chi connectivity index (χ1) is 8.56. The predicted octanol–water partition coefficient (Wildman–Crippen LogP) is 0.927. The molecule has 0 saturated carbocycles. The van der Waals surface area contributed by atoms with Gasteiger partial charge in [-0.3, -0.25) is 9.69 Å². The van der Waals surface area contributed by atoms with Crippen LogP contribution in [0.3, 0.4) is 0 Å². The molecule has 100 valence electrons. The van der Waals surface area contributed by atoms with Crippen LogP contribution in [0.25, 0.3) is 0 Å². The van der Waals surface area contributed by atoms with Gasteiger partial charge in [0.25, 0.3) is 0 Å². The molecule has 1 atom stereocenters. The molecule has 5 heteroatoms. The summed E-state index contributed by atoms with van der Waals surface area (Å²) >= 11 is 0. The molecule has 0 spiro atoms. The summed E-state index contributed by atoms with van der Waals surface area (Å²) in [5.41, 5.74) is 0.612. The molecule has 0 bridgehead atoms. The Morgan fingerprint density at radius 1 is 1.50 bits per heavy atom. The van der Waals surface area contributed by atoms with Crippen LogP contribution >= 0.6 is 0 Å². The van der Waals surface area contributed by atoms with Crippen molar-refractivity contribution in [2.45, 2.75) is 12.5 Å². The molecule has 1 amide bonds. The normalized spacial score (nSPS) is 12.5. The number of likely N-dealkylation sites (N-methyl/N-ethyl adjacent to an activating group) is 1. The Bertz CT molecular complexity index is 396. The first-order valence-corrected chi connectivity index (χ1v) is 5.86. The van der Waals surface area contributed by atoms with Gasteiger partial charge in [0.05, 0.1) is 0 Å². The van der Waals surface area contributed by atoms with E-state index in [9.17, 15) is 9.18 Å². The monoisotopic (exact) mass is 254 g/mol. The highest BCUT2D eigenvalue weighted by atomic mass is 19.1. The van der Waals surface area contributed by atoms with Crippen molar-refractivity contribution in [2.75, 3.05) is 27.2 Å². The largest absolute Gasteiger partial charge is 0.396 e. The molecule has 1 aromatic rings. The van der Waals surface area contributed by atoms with E-state index in [2.05, 4.69) is 5.32 Å². The van der Waals surface area contributed by atoms with E-state index in [1.165, 1.54) is 12.1 Å². The van der Waals surface area contributed by atoms with Crippen LogP contribution in [0.4, 0.5) is 4.39 Å². The van der Waals surface area contributed by atoms with E-state index in [4.69, 9.17) is 5.11 Å². The third-order valence-corrected chi connectivity index (χ3v) is 2.56. The van der Waals surface area contributed by atoms with Crippen molar-refractivity contribution in [3.63, 3.8) is 0 Å². The quantitative estimate of drug-likeness (QED) is 0.742. The predicted molar refractivity (Wildman–Crippen MR) is 67.5 cm³/mol. The van der Waals surface area contributed by atoms with Crippen LogP contribution in [-0.2, 0) is 4.79 Å². The van der Waals surface area contributed by atoms with Crippen molar-refractivity contribution in [2.24, 2.45) is 0 Å². The molecule has 0 radical (unpaired) electrons. The fourth-order valence-electron chi connectivity index (χ4n) is 1.75. The topological polar surface area (TPSA) is 52.6 Å². The second-order valence-electron chi connectivity index (χ2n) is 4.29. The zero-order chi connectivity index (χ0) is 13.5. The number of aliphatic hydroxyl groups excluding tert-OH is 1. The third-order valence-electron chi connectivity index (χ3n) is 2.56. The molecule has 0 aliphatic carbocycles. The standard InChI is InChI=1S/C13H19FN2O2/c1-16(2)12(13(18)15-7-4-8-17)10-5-3-6-11(14)9-10/h3,5-6,9,12,17H,4,7-8H2,1-2H3,(H,15,18). The molecule has 0 heterocycles. The number of aliphatic hydroxyl groups is 1. The van der Waals surface area contributed by atoms with Gasteiger partial charge in [-0.2, -0.15) is 0 Å². The van der Waals surface area contributed by atoms with Gasteiger partial charge in [-0.05, 0) is 38.2 Å². The van der Waals surface area contributed by atoms with Gasteiger partial charge >= 0.3 is 0 Å². The second kappa shape index (κ2) is 7.08. The van der Waals surface area contributed by atoms with Crippen LogP contribution in [-0.4, -0.2) is 43.2 Å². The molecule has 0 aliphatic rings. The Morgan fingerprint density at radius 2 is 2.22 bits per heavy atom. The van der Waals surface area contributed by atoms with Crippen molar-refractivity contribution in [1.82, 2.24) is 10.2 Å². The van der Waals surface area contributed by atoms with Crippen LogP contribution in [0.1, 0.15) is 18.0 Å². The molecule has 0 aromatic heterocycles. The van der Waals surface area contributed by atoms with Crippen LogP contribution in [0.2, 0.25) is 0 Å². The molecular formula is C13H19FN2O2. The minimum absolute atomic E-state index is 0.0346. The highest BCUT2D eigenvalue weighted by Gasteiger charge is 2.22. The summed E-state index contributed by atoms with van der Waals surface area (Å²) in [7, 11) is 3.53. The molecule has 1 aromatic carbocycles. The van der Waals surface area contributed by atoms with E-state index in [0.717, 1.165) is 0 Å². The average molecular weight is 254 g/mol. The van der Waals surface area contributed by atoms with Crippen LogP contribution in [0.15, 0.2) is 24.3 Å². The highest BCUT2D eigenvalue weighted by Crippen LogP contribution is 2.19. The van der Waals surface area contributed by atoms with E-state index in [0.29, 0.717) is 18.5 Å². The Morgan fingerprint density at radius 3 is 2.78 bits per heavy atom. The van der Waals surface area contributed by atoms with Crippen molar-refractivity contribution in [3.05, 3.63) is 35.6 Å². The number of hydrogen-bond donors (Lipinski definition) is 2. The average Bonchev–Trinajstić information content (AvgIpc) is 2.29. The summed E-state index contributed by atoms with van der Waals surface area (Å²) in [5.74, 6) is -0.554. The lowest BCUT2D eigenvalue weighted by atomic mass is 10.1. The molecule has 0 fully saturated rings. The Balaban J connectivity index is 2.79. The third kappa shape index (κ3) is 4.09. The van der Waals surface area contributed by atoms with Gasteiger partial charge < -0.3 is 10.4 Å². The molecule has 2 N–H and O–H groups in total. The number of benzene rings is 1.